The highest BCUT2D eigenvalue weighted by Crippen LogP contribution is 2.18. The van der Waals surface area contributed by atoms with Crippen molar-refractivity contribution < 1.29 is 9.90 Å². The highest BCUT2D eigenvalue weighted by Gasteiger charge is 2.12. The first-order chi connectivity index (χ1) is 8.40. The van der Waals surface area contributed by atoms with Gasteiger partial charge in [0.2, 0.25) is 5.91 Å². The van der Waals surface area contributed by atoms with Crippen molar-refractivity contribution in [2.45, 2.75) is 39.0 Å². The van der Waals surface area contributed by atoms with Crippen LogP contribution in [0.1, 0.15) is 25.0 Å². The molecule has 3 nitrogen and oxygen atoms in total. The molecule has 0 bridgehead atoms. The molecule has 2 N–H and O–H groups in total. The smallest absolute Gasteiger partial charge is 0.234 e. The first-order valence-corrected chi connectivity index (χ1v) is 7.12. The molecule has 0 spiro atoms. The van der Waals surface area contributed by atoms with Crippen molar-refractivity contribution in [2.75, 3.05) is 11.1 Å². The van der Waals surface area contributed by atoms with Crippen LogP contribution in [0.3, 0.4) is 0 Å². The molecule has 2 unspecified atom stereocenters. The number of hydrogen-bond acceptors (Lipinski definition) is 3. The van der Waals surface area contributed by atoms with Gasteiger partial charge in [-0.25, -0.2) is 0 Å². The first kappa shape index (κ1) is 15.1. The summed E-state index contributed by atoms with van der Waals surface area (Å²) in [7, 11) is 0. The number of amides is 1. The topological polar surface area (TPSA) is 49.3 Å². The molecule has 0 heterocycles. The summed E-state index contributed by atoms with van der Waals surface area (Å²) in [5.74, 6) is 0.334. The number of anilines is 1. The standard InChI is InChI=1S/C14H21NO2S/c1-9-5-6-10(2)13(7-9)15-14(17)8-18-12(4)11(3)16/h5-7,11-12,16H,8H2,1-4H3,(H,15,17). The van der Waals surface area contributed by atoms with E-state index in [1.807, 2.05) is 39.0 Å². The van der Waals surface area contributed by atoms with Gasteiger partial charge >= 0.3 is 0 Å². The van der Waals surface area contributed by atoms with Crippen molar-refractivity contribution >= 4 is 23.4 Å². The number of aryl methyl sites for hydroxylation is 2. The zero-order chi connectivity index (χ0) is 13.7. The zero-order valence-electron chi connectivity index (χ0n) is 11.4. The van der Waals surface area contributed by atoms with Gasteiger partial charge in [0, 0.05) is 10.9 Å². The van der Waals surface area contributed by atoms with Gasteiger partial charge in [0.25, 0.3) is 0 Å². The molecule has 1 aromatic carbocycles. The third kappa shape index (κ3) is 4.70. The summed E-state index contributed by atoms with van der Waals surface area (Å²) in [4.78, 5) is 11.8. The lowest BCUT2D eigenvalue weighted by molar-refractivity contribution is -0.113. The fourth-order valence-electron chi connectivity index (χ4n) is 1.40. The summed E-state index contributed by atoms with van der Waals surface area (Å²) in [6.45, 7) is 7.63. The molecule has 18 heavy (non-hydrogen) atoms. The summed E-state index contributed by atoms with van der Waals surface area (Å²) in [5.41, 5.74) is 3.05. The lowest BCUT2D eigenvalue weighted by Gasteiger charge is -2.14. The maximum Gasteiger partial charge on any atom is 0.234 e. The molecule has 0 saturated carbocycles. The number of carbonyl (C=O) groups excluding carboxylic acids is 1. The Kier molecular flexibility index (Phi) is 5.69. The molecule has 2 atom stereocenters. The quantitative estimate of drug-likeness (QED) is 0.862. The van der Waals surface area contributed by atoms with E-state index >= 15 is 0 Å². The maximum atomic E-state index is 11.8. The second-order valence-corrected chi connectivity index (χ2v) is 5.99. The van der Waals surface area contributed by atoms with Crippen LogP contribution in [0.15, 0.2) is 18.2 Å². The average Bonchev–Trinajstić information content (AvgIpc) is 2.30. The van der Waals surface area contributed by atoms with Crippen LogP contribution in [-0.4, -0.2) is 28.1 Å². The van der Waals surface area contributed by atoms with Crippen LogP contribution in [0.25, 0.3) is 0 Å². The number of thioether (sulfide) groups is 1. The minimum Gasteiger partial charge on any atom is -0.392 e. The van der Waals surface area contributed by atoms with Gasteiger partial charge in [-0.3, -0.25) is 4.79 Å². The van der Waals surface area contributed by atoms with E-state index in [9.17, 15) is 9.90 Å². The number of benzene rings is 1. The van der Waals surface area contributed by atoms with E-state index in [4.69, 9.17) is 0 Å². The minimum absolute atomic E-state index is 0.0267. The predicted octanol–water partition coefficient (Wildman–Crippen LogP) is 2.74. The molecule has 0 radical (unpaired) electrons. The van der Waals surface area contributed by atoms with Gasteiger partial charge in [-0.1, -0.05) is 19.1 Å². The number of carbonyl (C=O) groups is 1. The number of aliphatic hydroxyl groups excluding tert-OH is 1. The van der Waals surface area contributed by atoms with E-state index in [1.54, 1.807) is 6.92 Å². The van der Waals surface area contributed by atoms with Crippen LogP contribution < -0.4 is 5.32 Å². The van der Waals surface area contributed by atoms with E-state index in [1.165, 1.54) is 11.8 Å². The van der Waals surface area contributed by atoms with Gasteiger partial charge in [0.1, 0.15) is 0 Å². The number of aliphatic hydroxyl groups is 1. The van der Waals surface area contributed by atoms with Gasteiger partial charge in [-0.05, 0) is 38.0 Å². The van der Waals surface area contributed by atoms with Crippen LogP contribution in [0.5, 0.6) is 0 Å². The maximum absolute atomic E-state index is 11.8. The molecule has 0 aliphatic heterocycles. The fraction of sp³-hybridized carbons (Fsp3) is 0.500. The predicted molar refractivity (Wildman–Crippen MR) is 78.1 cm³/mol. The monoisotopic (exact) mass is 267 g/mol. The lowest BCUT2D eigenvalue weighted by atomic mass is 10.1. The summed E-state index contributed by atoms with van der Waals surface area (Å²) in [5, 5.41) is 12.3. The van der Waals surface area contributed by atoms with Crippen LogP contribution in [0.2, 0.25) is 0 Å². The van der Waals surface area contributed by atoms with Crippen molar-refractivity contribution in [1.82, 2.24) is 0 Å². The Balaban J connectivity index is 2.52. The lowest BCUT2D eigenvalue weighted by Crippen LogP contribution is -2.21. The van der Waals surface area contributed by atoms with E-state index in [-0.39, 0.29) is 11.2 Å². The van der Waals surface area contributed by atoms with Gasteiger partial charge < -0.3 is 10.4 Å². The van der Waals surface area contributed by atoms with Gasteiger partial charge in [0.05, 0.1) is 11.9 Å². The van der Waals surface area contributed by atoms with Crippen molar-refractivity contribution in [2.24, 2.45) is 0 Å². The minimum atomic E-state index is -0.400. The fourth-order valence-corrected chi connectivity index (χ4v) is 2.17. The molecular formula is C14H21NO2S. The molecule has 100 valence electrons. The highest BCUT2D eigenvalue weighted by molar-refractivity contribution is 8.00. The Hall–Kier alpha value is -1.00. The van der Waals surface area contributed by atoms with Gasteiger partial charge in [0.15, 0.2) is 0 Å². The van der Waals surface area contributed by atoms with Crippen molar-refractivity contribution in [3.63, 3.8) is 0 Å². The van der Waals surface area contributed by atoms with Crippen LogP contribution in [0.4, 0.5) is 5.69 Å². The van der Waals surface area contributed by atoms with Crippen LogP contribution in [-0.2, 0) is 4.79 Å². The Morgan fingerprint density at radius 2 is 2.06 bits per heavy atom. The average molecular weight is 267 g/mol. The Labute approximate surface area is 113 Å². The third-order valence-corrected chi connectivity index (χ3v) is 4.17. The van der Waals surface area contributed by atoms with Crippen LogP contribution >= 0.6 is 11.8 Å². The van der Waals surface area contributed by atoms with Crippen LogP contribution in [0, 0.1) is 13.8 Å². The summed E-state index contributed by atoms with van der Waals surface area (Å²) < 4.78 is 0. The molecule has 1 rings (SSSR count). The zero-order valence-corrected chi connectivity index (χ0v) is 12.2. The Morgan fingerprint density at radius 1 is 1.39 bits per heavy atom. The number of nitrogens with one attached hydrogen (secondary N) is 1. The molecule has 1 aromatic rings. The second kappa shape index (κ2) is 6.81. The SMILES string of the molecule is Cc1ccc(C)c(NC(=O)CSC(C)C(C)O)c1. The van der Waals surface area contributed by atoms with E-state index in [0.29, 0.717) is 5.75 Å². The highest BCUT2D eigenvalue weighted by atomic mass is 32.2. The molecule has 0 aliphatic carbocycles. The van der Waals surface area contributed by atoms with E-state index in [0.717, 1.165) is 16.8 Å². The summed E-state index contributed by atoms with van der Waals surface area (Å²) in [6, 6.07) is 5.99. The molecular weight excluding hydrogens is 246 g/mol. The third-order valence-electron chi connectivity index (χ3n) is 2.82. The molecule has 0 fully saturated rings. The molecule has 0 aromatic heterocycles. The normalized spacial score (nSPS) is 14.1. The van der Waals surface area contributed by atoms with Crippen molar-refractivity contribution in [3.8, 4) is 0 Å². The number of rotatable bonds is 5. The first-order valence-electron chi connectivity index (χ1n) is 6.07. The van der Waals surface area contributed by atoms with Gasteiger partial charge in [-0.15, -0.1) is 11.8 Å². The summed E-state index contributed by atoms with van der Waals surface area (Å²) >= 11 is 1.46. The van der Waals surface area contributed by atoms with Crippen molar-refractivity contribution in [3.05, 3.63) is 29.3 Å². The van der Waals surface area contributed by atoms with E-state index < -0.39 is 6.10 Å². The Bertz CT molecular complexity index is 418. The largest absolute Gasteiger partial charge is 0.392 e. The summed E-state index contributed by atoms with van der Waals surface area (Å²) in [6.07, 6.45) is -0.400. The molecule has 1 amide bonds. The molecule has 4 heteroatoms. The molecule has 0 saturated heterocycles. The van der Waals surface area contributed by atoms with Crippen molar-refractivity contribution in [1.29, 1.82) is 0 Å². The Morgan fingerprint density at radius 3 is 2.67 bits per heavy atom. The second-order valence-electron chi connectivity index (χ2n) is 4.62. The van der Waals surface area contributed by atoms with Gasteiger partial charge in [-0.2, -0.15) is 0 Å². The van der Waals surface area contributed by atoms with E-state index in [2.05, 4.69) is 5.32 Å². The molecule has 0 aliphatic rings. The number of hydrogen-bond donors (Lipinski definition) is 2.